The molecule has 0 aliphatic carbocycles. The number of amides is 3. The van der Waals surface area contributed by atoms with Gasteiger partial charge in [-0.2, -0.15) is 0 Å². The van der Waals surface area contributed by atoms with E-state index in [0.29, 0.717) is 24.3 Å². The summed E-state index contributed by atoms with van der Waals surface area (Å²) in [5.41, 5.74) is 0.834. The summed E-state index contributed by atoms with van der Waals surface area (Å²) in [5.74, 6) is -0.834. The van der Waals surface area contributed by atoms with Crippen LogP contribution in [0.2, 0.25) is 0 Å². The van der Waals surface area contributed by atoms with E-state index >= 15 is 0 Å². The van der Waals surface area contributed by atoms with Crippen molar-refractivity contribution >= 4 is 23.6 Å². The Labute approximate surface area is 115 Å². The highest BCUT2D eigenvalue weighted by atomic mass is 16.5. The zero-order valence-electron chi connectivity index (χ0n) is 11.0. The lowest BCUT2D eigenvalue weighted by molar-refractivity contribution is -0.125. The van der Waals surface area contributed by atoms with Crippen LogP contribution in [0.3, 0.4) is 0 Å². The van der Waals surface area contributed by atoms with E-state index in [9.17, 15) is 14.4 Å². The average Bonchev–Trinajstić information content (AvgIpc) is 2.90. The number of ether oxygens (including phenoxy) is 1. The predicted octanol–water partition coefficient (Wildman–Crippen LogP) is 0.437. The third kappa shape index (κ3) is 2.87. The Bertz CT molecular complexity index is 544. The molecule has 1 fully saturated rings. The molecule has 2 N–H and O–H groups in total. The maximum absolute atomic E-state index is 11.9. The van der Waals surface area contributed by atoms with Crippen LogP contribution in [-0.2, 0) is 9.53 Å². The van der Waals surface area contributed by atoms with Gasteiger partial charge in [-0.3, -0.25) is 9.69 Å². The number of nitrogens with zero attached hydrogens (tertiary/aromatic N) is 1. The quantitative estimate of drug-likeness (QED) is 0.780. The van der Waals surface area contributed by atoms with Gasteiger partial charge in [0.05, 0.1) is 19.2 Å². The summed E-state index contributed by atoms with van der Waals surface area (Å²) in [5, 5.41) is 5.41. The van der Waals surface area contributed by atoms with Gasteiger partial charge in [-0.1, -0.05) is 12.1 Å². The molecular weight excluding hydrogens is 262 g/mol. The molecule has 0 atom stereocenters. The lowest BCUT2D eigenvalue weighted by Crippen LogP contribution is -2.38. The number of urea groups is 1. The van der Waals surface area contributed by atoms with Crippen molar-refractivity contribution in [1.29, 1.82) is 0 Å². The number of para-hydroxylation sites is 1. The van der Waals surface area contributed by atoms with E-state index in [-0.39, 0.29) is 12.5 Å². The van der Waals surface area contributed by atoms with Crippen molar-refractivity contribution in [3.05, 3.63) is 29.8 Å². The Kier molecular flexibility index (Phi) is 4.19. The smallest absolute Gasteiger partial charge is 0.339 e. The number of hydrogen-bond acceptors (Lipinski definition) is 5. The van der Waals surface area contributed by atoms with E-state index in [1.165, 1.54) is 7.11 Å². The molecule has 0 spiro atoms. The minimum absolute atomic E-state index is 0.0680. The molecule has 0 saturated carbocycles. The maximum atomic E-state index is 11.9. The first-order chi connectivity index (χ1) is 9.63. The highest BCUT2D eigenvalue weighted by Crippen LogP contribution is 2.15. The topological polar surface area (TPSA) is 87.7 Å². The minimum Gasteiger partial charge on any atom is -0.465 e. The van der Waals surface area contributed by atoms with E-state index in [1.807, 2.05) is 0 Å². The summed E-state index contributed by atoms with van der Waals surface area (Å²) in [6.45, 7) is 0.753. The van der Waals surface area contributed by atoms with E-state index in [4.69, 9.17) is 0 Å². The largest absolute Gasteiger partial charge is 0.465 e. The van der Waals surface area contributed by atoms with Gasteiger partial charge in [0.1, 0.15) is 0 Å². The maximum Gasteiger partial charge on any atom is 0.339 e. The first-order valence-electron chi connectivity index (χ1n) is 6.13. The lowest BCUT2D eigenvalue weighted by Gasteiger charge is -2.14. The van der Waals surface area contributed by atoms with E-state index in [0.717, 1.165) is 4.90 Å². The summed E-state index contributed by atoms with van der Waals surface area (Å²) < 4.78 is 4.66. The molecule has 0 bridgehead atoms. The van der Waals surface area contributed by atoms with Gasteiger partial charge in [0, 0.05) is 18.8 Å². The van der Waals surface area contributed by atoms with Gasteiger partial charge in [-0.15, -0.1) is 0 Å². The molecule has 1 aromatic rings. The van der Waals surface area contributed by atoms with Crippen LogP contribution in [0.1, 0.15) is 10.4 Å². The van der Waals surface area contributed by atoms with Crippen LogP contribution in [0.4, 0.5) is 10.5 Å². The molecule has 106 valence electrons. The number of carbonyl (C=O) groups excluding carboxylic acids is 3. The Morgan fingerprint density at radius 2 is 2.15 bits per heavy atom. The standard InChI is InChI=1S/C13H15N3O4/c1-20-12(18)9-4-2-3-5-10(9)15-8-11(17)16-7-6-14-13(16)19/h2-5,15H,6-8H2,1H3,(H,14,19). The highest BCUT2D eigenvalue weighted by molar-refractivity contribution is 5.99. The summed E-state index contributed by atoms with van der Waals surface area (Å²) in [4.78, 5) is 35.9. The number of anilines is 1. The van der Waals surface area contributed by atoms with Crippen LogP contribution < -0.4 is 10.6 Å². The molecule has 1 aliphatic rings. The average molecular weight is 277 g/mol. The van der Waals surface area contributed by atoms with E-state index < -0.39 is 12.0 Å². The van der Waals surface area contributed by atoms with Crippen molar-refractivity contribution < 1.29 is 19.1 Å². The number of nitrogens with one attached hydrogen (secondary N) is 2. The summed E-state index contributed by atoms with van der Waals surface area (Å²) in [7, 11) is 1.29. The Morgan fingerprint density at radius 3 is 2.80 bits per heavy atom. The summed E-state index contributed by atoms with van der Waals surface area (Å²) in [6, 6.07) is 6.32. The molecule has 7 heteroatoms. The number of carbonyl (C=O) groups is 3. The first kappa shape index (κ1) is 13.9. The van der Waals surface area contributed by atoms with E-state index in [1.54, 1.807) is 24.3 Å². The molecule has 1 aliphatic heterocycles. The van der Waals surface area contributed by atoms with Crippen LogP contribution in [-0.4, -0.2) is 49.6 Å². The minimum atomic E-state index is -0.487. The molecule has 3 amide bonds. The first-order valence-corrected chi connectivity index (χ1v) is 6.13. The molecule has 0 radical (unpaired) electrons. The molecule has 1 aromatic carbocycles. The molecule has 2 rings (SSSR count). The number of methoxy groups -OCH3 is 1. The molecular formula is C13H15N3O4. The van der Waals surface area contributed by atoms with Crippen molar-refractivity contribution in [3.63, 3.8) is 0 Å². The second kappa shape index (κ2) is 6.05. The molecule has 1 heterocycles. The zero-order valence-corrected chi connectivity index (χ0v) is 11.0. The number of imide groups is 1. The van der Waals surface area contributed by atoms with Crippen molar-refractivity contribution in [2.45, 2.75) is 0 Å². The van der Waals surface area contributed by atoms with Crippen LogP contribution in [0.15, 0.2) is 24.3 Å². The number of benzene rings is 1. The Balaban J connectivity index is 2.02. The van der Waals surface area contributed by atoms with Crippen LogP contribution in [0, 0.1) is 0 Å². The second-order valence-corrected chi connectivity index (χ2v) is 4.17. The predicted molar refractivity (Wildman–Crippen MR) is 71.4 cm³/mol. The molecule has 0 aromatic heterocycles. The van der Waals surface area contributed by atoms with E-state index in [2.05, 4.69) is 15.4 Å². The third-order valence-corrected chi connectivity index (χ3v) is 2.92. The Morgan fingerprint density at radius 1 is 1.40 bits per heavy atom. The summed E-state index contributed by atoms with van der Waals surface area (Å²) >= 11 is 0. The second-order valence-electron chi connectivity index (χ2n) is 4.17. The van der Waals surface area contributed by atoms with Gasteiger partial charge in [-0.25, -0.2) is 9.59 Å². The number of rotatable bonds is 4. The van der Waals surface area contributed by atoms with Crippen LogP contribution in [0.25, 0.3) is 0 Å². The van der Waals surface area contributed by atoms with Gasteiger partial charge in [-0.05, 0) is 12.1 Å². The van der Waals surface area contributed by atoms with Gasteiger partial charge in [0.25, 0.3) is 0 Å². The zero-order chi connectivity index (χ0) is 14.5. The summed E-state index contributed by atoms with van der Waals surface area (Å²) in [6.07, 6.45) is 0. The van der Waals surface area contributed by atoms with Crippen molar-refractivity contribution in [2.75, 3.05) is 32.1 Å². The molecule has 1 saturated heterocycles. The molecule has 7 nitrogen and oxygen atoms in total. The fraction of sp³-hybridized carbons (Fsp3) is 0.308. The van der Waals surface area contributed by atoms with Gasteiger partial charge in [0.2, 0.25) is 5.91 Å². The number of esters is 1. The van der Waals surface area contributed by atoms with Crippen molar-refractivity contribution in [1.82, 2.24) is 10.2 Å². The molecule has 0 unspecified atom stereocenters. The van der Waals surface area contributed by atoms with Crippen molar-refractivity contribution in [3.8, 4) is 0 Å². The van der Waals surface area contributed by atoms with Crippen LogP contribution >= 0.6 is 0 Å². The van der Waals surface area contributed by atoms with Gasteiger partial charge in [0.15, 0.2) is 0 Å². The van der Waals surface area contributed by atoms with Gasteiger partial charge < -0.3 is 15.4 Å². The van der Waals surface area contributed by atoms with Crippen LogP contribution in [0.5, 0.6) is 0 Å². The van der Waals surface area contributed by atoms with Gasteiger partial charge >= 0.3 is 12.0 Å². The monoisotopic (exact) mass is 277 g/mol. The fourth-order valence-electron chi connectivity index (χ4n) is 1.90. The molecule has 20 heavy (non-hydrogen) atoms. The fourth-order valence-corrected chi connectivity index (χ4v) is 1.90. The Hall–Kier alpha value is -2.57. The third-order valence-electron chi connectivity index (χ3n) is 2.92. The van der Waals surface area contributed by atoms with Crippen molar-refractivity contribution in [2.24, 2.45) is 0 Å². The lowest BCUT2D eigenvalue weighted by atomic mass is 10.2. The number of hydrogen-bond donors (Lipinski definition) is 2. The highest BCUT2D eigenvalue weighted by Gasteiger charge is 2.25. The normalized spacial score (nSPS) is 13.8. The SMILES string of the molecule is COC(=O)c1ccccc1NCC(=O)N1CCNC1=O.